The number of carbonyl (C=O) groups is 2. The van der Waals surface area contributed by atoms with E-state index in [-0.39, 0.29) is 36.4 Å². The molecule has 0 radical (unpaired) electrons. The van der Waals surface area contributed by atoms with Crippen LogP contribution in [0.2, 0.25) is 0 Å². The number of nitrogens with one attached hydrogen (secondary N) is 3. The first-order chi connectivity index (χ1) is 14.0. The van der Waals surface area contributed by atoms with E-state index in [2.05, 4.69) is 33.1 Å². The van der Waals surface area contributed by atoms with E-state index < -0.39 is 17.2 Å². The molecule has 31 heavy (non-hydrogen) atoms. The van der Waals surface area contributed by atoms with Gasteiger partial charge in [-0.15, -0.1) is 24.0 Å². The number of hydrogen-bond donors (Lipinski definition) is 3. The zero-order valence-electron chi connectivity index (χ0n) is 19.4. The number of nitrogens with zero attached hydrogens (tertiary/aromatic N) is 2. The first kappa shape index (κ1) is 27.0. The van der Waals surface area contributed by atoms with Crippen molar-refractivity contribution in [2.45, 2.75) is 58.7 Å². The monoisotopic (exact) mass is 545 g/mol. The Kier molecular flexibility index (Phi) is 10.1. The SMILES string of the molecule is CN=C(NCC(=O)N1CCc2ccccc2C1)NCC(C)(C)NC(=O)OC(C)(C)C.I. The van der Waals surface area contributed by atoms with Crippen LogP contribution in [0.15, 0.2) is 29.3 Å². The Bertz CT molecular complexity index is 790. The normalized spacial score (nSPS) is 14.1. The molecule has 3 N–H and O–H groups in total. The van der Waals surface area contributed by atoms with Gasteiger partial charge in [0.1, 0.15) is 5.60 Å². The van der Waals surface area contributed by atoms with Crippen molar-refractivity contribution in [1.29, 1.82) is 0 Å². The van der Waals surface area contributed by atoms with E-state index in [0.29, 0.717) is 19.0 Å². The smallest absolute Gasteiger partial charge is 0.408 e. The second-order valence-corrected chi connectivity index (χ2v) is 9.12. The maximum atomic E-state index is 12.6. The number of fused-ring (bicyclic) bond motifs is 1. The summed E-state index contributed by atoms with van der Waals surface area (Å²) in [5.74, 6) is 0.526. The van der Waals surface area contributed by atoms with E-state index in [9.17, 15) is 9.59 Å². The molecule has 1 aliphatic rings. The number of hydrogen-bond acceptors (Lipinski definition) is 4. The van der Waals surface area contributed by atoms with Crippen molar-refractivity contribution in [2.75, 3.05) is 26.7 Å². The third kappa shape index (κ3) is 9.32. The minimum atomic E-state index is -0.569. The van der Waals surface area contributed by atoms with Crippen LogP contribution in [0.5, 0.6) is 0 Å². The van der Waals surface area contributed by atoms with E-state index >= 15 is 0 Å². The number of rotatable bonds is 5. The Morgan fingerprint density at radius 3 is 2.35 bits per heavy atom. The third-order valence-corrected chi connectivity index (χ3v) is 4.65. The van der Waals surface area contributed by atoms with E-state index in [0.717, 1.165) is 13.0 Å². The summed E-state index contributed by atoms with van der Waals surface area (Å²) < 4.78 is 5.30. The fourth-order valence-electron chi connectivity index (χ4n) is 3.13. The molecule has 174 valence electrons. The van der Waals surface area contributed by atoms with Crippen molar-refractivity contribution in [3.05, 3.63) is 35.4 Å². The molecule has 0 fully saturated rings. The van der Waals surface area contributed by atoms with Gasteiger partial charge < -0.3 is 25.6 Å². The minimum Gasteiger partial charge on any atom is -0.444 e. The number of guanidine groups is 1. The highest BCUT2D eigenvalue weighted by molar-refractivity contribution is 14.0. The van der Waals surface area contributed by atoms with Crippen molar-refractivity contribution in [3.8, 4) is 0 Å². The molecule has 0 atom stereocenters. The molecule has 9 heteroatoms. The van der Waals surface area contributed by atoms with E-state index in [4.69, 9.17) is 4.74 Å². The molecule has 0 bridgehead atoms. The Hall–Kier alpha value is -2.04. The van der Waals surface area contributed by atoms with Crippen LogP contribution in [0.3, 0.4) is 0 Å². The summed E-state index contributed by atoms with van der Waals surface area (Å²) in [6.45, 7) is 11.1. The molecular weight excluding hydrogens is 509 g/mol. The van der Waals surface area contributed by atoms with Gasteiger partial charge in [-0.1, -0.05) is 24.3 Å². The lowest BCUT2D eigenvalue weighted by atomic mass is 10.00. The lowest BCUT2D eigenvalue weighted by Gasteiger charge is -2.30. The van der Waals surface area contributed by atoms with Crippen LogP contribution in [-0.2, 0) is 22.5 Å². The van der Waals surface area contributed by atoms with Crippen molar-refractivity contribution >= 4 is 41.9 Å². The van der Waals surface area contributed by atoms with Gasteiger partial charge in [0.15, 0.2) is 5.96 Å². The Morgan fingerprint density at radius 2 is 1.74 bits per heavy atom. The predicted molar refractivity (Wildman–Crippen MR) is 134 cm³/mol. The van der Waals surface area contributed by atoms with Gasteiger partial charge in [-0.25, -0.2) is 4.79 Å². The van der Waals surface area contributed by atoms with Gasteiger partial charge in [0, 0.05) is 26.7 Å². The average Bonchev–Trinajstić information content (AvgIpc) is 2.65. The number of amides is 2. The Morgan fingerprint density at radius 1 is 1.10 bits per heavy atom. The largest absolute Gasteiger partial charge is 0.444 e. The summed E-state index contributed by atoms with van der Waals surface area (Å²) in [5.41, 5.74) is 1.39. The third-order valence-electron chi connectivity index (χ3n) is 4.65. The zero-order valence-corrected chi connectivity index (χ0v) is 21.7. The molecule has 2 amide bonds. The second-order valence-electron chi connectivity index (χ2n) is 9.12. The number of ether oxygens (including phenoxy) is 1. The van der Waals surface area contributed by atoms with Crippen molar-refractivity contribution in [1.82, 2.24) is 20.9 Å². The van der Waals surface area contributed by atoms with Gasteiger partial charge in [0.05, 0.1) is 12.1 Å². The molecule has 0 aliphatic carbocycles. The molecule has 8 nitrogen and oxygen atoms in total. The summed E-state index contributed by atoms with van der Waals surface area (Å²) >= 11 is 0. The summed E-state index contributed by atoms with van der Waals surface area (Å²) in [6, 6.07) is 8.23. The number of alkyl carbamates (subject to hydrolysis) is 1. The van der Waals surface area contributed by atoms with Crippen LogP contribution in [0.4, 0.5) is 4.79 Å². The number of aliphatic imine (C=N–C) groups is 1. The first-order valence-corrected chi connectivity index (χ1v) is 10.3. The van der Waals surface area contributed by atoms with Crippen LogP contribution in [0, 0.1) is 0 Å². The molecule has 1 aromatic rings. The van der Waals surface area contributed by atoms with Gasteiger partial charge in [-0.05, 0) is 52.2 Å². The number of halogens is 1. The van der Waals surface area contributed by atoms with E-state index in [1.165, 1.54) is 11.1 Å². The van der Waals surface area contributed by atoms with Crippen molar-refractivity contribution < 1.29 is 14.3 Å². The van der Waals surface area contributed by atoms with Gasteiger partial charge in [0.25, 0.3) is 0 Å². The summed E-state index contributed by atoms with van der Waals surface area (Å²) in [6.07, 6.45) is 0.400. The molecule has 0 saturated heterocycles. The predicted octanol–water partition coefficient (Wildman–Crippen LogP) is 2.66. The summed E-state index contributed by atoms with van der Waals surface area (Å²) in [4.78, 5) is 30.6. The summed E-state index contributed by atoms with van der Waals surface area (Å²) in [5, 5.41) is 9.04. The van der Waals surface area contributed by atoms with Gasteiger partial charge in [0.2, 0.25) is 5.91 Å². The van der Waals surface area contributed by atoms with Gasteiger partial charge >= 0.3 is 6.09 Å². The molecule has 0 aromatic heterocycles. The number of carbonyl (C=O) groups excluding carboxylic acids is 2. The second kappa shape index (κ2) is 11.5. The molecule has 1 aliphatic heterocycles. The molecule has 2 rings (SSSR count). The minimum absolute atomic E-state index is 0. The van der Waals surface area contributed by atoms with Crippen LogP contribution in [-0.4, -0.2) is 60.7 Å². The molecular formula is C22H36IN5O3. The Balaban J connectivity index is 0.00000480. The fraction of sp³-hybridized carbons (Fsp3) is 0.591. The van der Waals surface area contributed by atoms with Crippen molar-refractivity contribution in [2.24, 2.45) is 4.99 Å². The molecule has 0 saturated carbocycles. The quantitative estimate of drug-likeness (QED) is 0.301. The molecule has 0 spiro atoms. The lowest BCUT2D eigenvalue weighted by Crippen LogP contribution is -2.55. The van der Waals surface area contributed by atoms with Gasteiger partial charge in [-0.3, -0.25) is 9.79 Å². The molecule has 1 heterocycles. The maximum absolute atomic E-state index is 12.6. The highest BCUT2D eigenvalue weighted by Crippen LogP contribution is 2.18. The van der Waals surface area contributed by atoms with Crippen molar-refractivity contribution in [3.63, 3.8) is 0 Å². The first-order valence-electron chi connectivity index (χ1n) is 10.3. The van der Waals surface area contributed by atoms with E-state index in [1.54, 1.807) is 7.05 Å². The van der Waals surface area contributed by atoms with Crippen LogP contribution < -0.4 is 16.0 Å². The van der Waals surface area contributed by atoms with Crippen LogP contribution >= 0.6 is 24.0 Å². The highest BCUT2D eigenvalue weighted by Gasteiger charge is 2.25. The van der Waals surface area contributed by atoms with Crippen LogP contribution in [0.1, 0.15) is 45.7 Å². The fourth-order valence-corrected chi connectivity index (χ4v) is 3.13. The molecule has 1 aromatic carbocycles. The highest BCUT2D eigenvalue weighted by atomic mass is 127. The maximum Gasteiger partial charge on any atom is 0.408 e. The molecule has 0 unspecified atom stereocenters. The zero-order chi connectivity index (χ0) is 22.4. The Labute approximate surface area is 202 Å². The van der Waals surface area contributed by atoms with E-state index in [1.807, 2.05) is 51.7 Å². The van der Waals surface area contributed by atoms with Crippen LogP contribution in [0.25, 0.3) is 0 Å². The topological polar surface area (TPSA) is 95.1 Å². The van der Waals surface area contributed by atoms with Gasteiger partial charge in [-0.2, -0.15) is 0 Å². The average molecular weight is 545 g/mol. The number of benzene rings is 1. The lowest BCUT2D eigenvalue weighted by molar-refractivity contribution is -0.130. The summed E-state index contributed by atoms with van der Waals surface area (Å²) in [7, 11) is 1.64. The standard InChI is InChI=1S/C22H35N5O3.HI/c1-21(2,3)30-20(29)26-22(4,5)15-25-19(23-6)24-13-18(28)27-12-11-16-9-7-8-10-17(16)14-27;/h7-10H,11-15H2,1-6H3,(H,26,29)(H2,23,24,25);1H.